The number of benzene rings is 1. The standard InChI is InChI=1S/C22H23ClN6O2S/c23-18-8-1-2-9-19(18)29-21(27-11-3-4-12-27)25-26-22(29)32-16-20(30)28(13-6-10-24)15-17-7-5-14-31-17/h1-2,5,7-9,14H,3-4,6,11-13,15-16H2. The molecule has 1 aromatic carbocycles. The van der Waals surface area contributed by atoms with Gasteiger partial charge in [-0.15, -0.1) is 10.2 Å². The Hall–Kier alpha value is -2.96. The van der Waals surface area contributed by atoms with Crippen LogP contribution in [0, 0.1) is 11.3 Å². The summed E-state index contributed by atoms with van der Waals surface area (Å²) in [6.45, 7) is 2.49. The zero-order chi connectivity index (χ0) is 22.3. The second-order valence-electron chi connectivity index (χ2n) is 7.35. The molecule has 10 heteroatoms. The molecule has 4 rings (SSSR count). The van der Waals surface area contributed by atoms with Crippen LogP contribution in [0.5, 0.6) is 0 Å². The van der Waals surface area contributed by atoms with Crippen molar-refractivity contribution in [3.8, 4) is 11.8 Å². The number of thioether (sulfide) groups is 1. The summed E-state index contributed by atoms with van der Waals surface area (Å²) in [6, 6.07) is 13.2. The van der Waals surface area contributed by atoms with E-state index in [4.69, 9.17) is 21.3 Å². The first kappa shape index (κ1) is 22.2. The molecular formula is C22H23ClN6O2S. The smallest absolute Gasteiger partial charge is 0.233 e. The number of halogens is 1. The summed E-state index contributed by atoms with van der Waals surface area (Å²) in [5.74, 6) is 1.48. The van der Waals surface area contributed by atoms with Crippen LogP contribution in [0.4, 0.5) is 5.95 Å². The summed E-state index contributed by atoms with van der Waals surface area (Å²) >= 11 is 7.81. The molecule has 0 unspecified atom stereocenters. The van der Waals surface area contributed by atoms with Gasteiger partial charge in [-0.05, 0) is 37.1 Å². The highest BCUT2D eigenvalue weighted by molar-refractivity contribution is 7.99. The van der Waals surface area contributed by atoms with E-state index in [1.165, 1.54) is 11.8 Å². The normalized spacial score (nSPS) is 13.3. The fourth-order valence-corrected chi connectivity index (χ4v) is 4.67. The number of hydrogen-bond donors (Lipinski definition) is 0. The summed E-state index contributed by atoms with van der Waals surface area (Å²) in [5.41, 5.74) is 0.785. The van der Waals surface area contributed by atoms with Crippen LogP contribution >= 0.6 is 23.4 Å². The molecule has 1 amide bonds. The van der Waals surface area contributed by atoms with Gasteiger partial charge in [0, 0.05) is 19.6 Å². The van der Waals surface area contributed by atoms with Crippen molar-refractivity contribution >= 4 is 35.2 Å². The minimum Gasteiger partial charge on any atom is -0.467 e. The lowest BCUT2D eigenvalue weighted by molar-refractivity contribution is -0.129. The number of carbonyl (C=O) groups excluding carboxylic acids is 1. The molecule has 1 fully saturated rings. The molecule has 0 atom stereocenters. The van der Waals surface area contributed by atoms with E-state index in [-0.39, 0.29) is 18.1 Å². The van der Waals surface area contributed by atoms with Gasteiger partial charge in [-0.3, -0.25) is 9.36 Å². The van der Waals surface area contributed by atoms with Gasteiger partial charge in [-0.1, -0.05) is 35.5 Å². The van der Waals surface area contributed by atoms with Crippen LogP contribution in [-0.2, 0) is 11.3 Å². The van der Waals surface area contributed by atoms with Crippen LogP contribution < -0.4 is 4.90 Å². The Labute approximate surface area is 195 Å². The van der Waals surface area contributed by atoms with Crippen molar-refractivity contribution in [3.05, 3.63) is 53.4 Å². The Morgan fingerprint density at radius 3 is 2.75 bits per heavy atom. The molecule has 3 aromatic rings. The second-order valence-corrected chi connectivity index (χ2v) is 8.70. The molecule has 0 saturated carbocycles. The van der Waals surface area contributed by atoms with Gasteiger partial charge in [0.2, 0.25) is 11.9 Å². The van der Waals surface area contributed by atoms with Crippen molar-refractivity contribution in [2.24, 2.45) is 0 Å². The van der Waals surface area contributed by atoms with Crippen molar-refractivity contribution in [2.75, 3.05) is 30.3 Å². The van der Waals surface area contributed by atoms with Crippen LogP contribution in [0.1, 0.15) is 25.0 Å². The van der Waals surface area contributed by atoms with Crippen LogP contribution in [-0.4, -0.2) is 51.0 Å². The number of para-hydroxylation sites is 1. The molecule has 1 aliphatic heterocycles. The van der Waals surface area contributed by atoms with Gasteiger partial charge in [0.1, 0.15) is 5.76 Å². The molecule has 166 valence electrons. The summed E-state index contributed by atoms with van der Waals surface area (Å²) < 4.78 is 7.31. The van der Waals surface area contributed by atoms with E-state index in [0.29, 0.717) is 29.0 Å². The Balaban J connectivity index is 1.55. The highest BCUT2D eigenvalue weighted by atomic mass is 35.5. The van der Waals surface area contributed by atoms with E-state index in [1.54, 1.807) is 17.2 Å². The molecule has 0 bridgehead atoms. The Morgan fingerprint density at radius 2 is 2.03 bits per heavy atom. The third kappa shape index (κ3) is 5.09. The van der Waals surface area contributed by atoms with Gasteiger partial charge in [0.15, 0.2) is 5.16 Å². The highest BCUT2D eigenvalue weighted by Crippen LogP contribution is 2.32. The minimum atomic E-state index is -0.0990. The van der Waals surface area contributed by atoms with Gasteiger partial charge in [-0.25, -0.2) is 0 Å². The lowest BCUT2D eigenvalue weighted by Crippen LogP contribution is -2.32. The number of anilines is 1. The topological polar surface area (TPSA) is 91.2 Å². The van der Waals surface area contributed by atoms with Crippen LogP contribution in [0.25, 0.3) is 5.69 Å². The predicted octanol–water partition coefficient (Wildman–Crippen LogP) is 4.15. The minimum absolute atomic E-state index is 0.0990. The van der Waals surface area contributed by atoms with E-state index in [1.807, 2.05) is 34.9 Å². The van der Waals surface area contributed by atoms with E-state index < -0.39 is 0 Å². The lowest BCUT2D eigenvalue weighted by Gasteiger charge is -2.21. The van der Waals surface area contributed by atoms with E-state index in [9.17, 15) is 4.79 Å². The van der Waals surface area contributed by atoms with Crippen molar-refractivity contribution in [1.29, 1.82) is 5.26 Å². The average molecular weight is 471 g/mol. The summed E-state index contributed by atoms with van der Waals surface area (Å²) in [5, 5.41) is 19.0. The molecule has 0 spiro atoms. The fraction of sp³-hybridized carbons (Fsp3) is 0.364. The number of rotatable bonds is 9. The number of hydrogen-bond acceptors (Lipinski definition) is 7. The molecule has 8 nitrogen and oxygen atoms in total. The number of nitrogens with zero attached hydrogens (tertiary/aromatic N) is 6. The Kier molecular flexibility index (Phi) is 7.35. The van der Waals surface area contributed by atoms with Gasteiger partial charge >= 0.3 is 0 Å². The number of carbonyl (C=O) groups is 1. The Morgan fingerprint density at radius 1 is 1.22 bits per heavy atom. The highest BCUT2D eigenvalue weighted by Gasteiger charge is 2.24. The largest absolute Gasteiger partial charge is 0.467 e. The SMILES string of the molecule is N#CCCN(Cc1ccco1)C(=O)CSc1nnc(N2CCCC2)n1-c1ccccc1Cl. The first-order valence-corrected chi connectivity index (χ1v) is 11.8. The van der Waals surface area contributed by atoms with Crippen molar-refractivity contribution in [2.45, 2.75) is 31.0 Å². The maximum absolute atomic E-state index is 13.0. The monoisotopic (exact) mass is 470 g/mol. The number of amides is 1. The van der Waals surface area contributed by atoms with E-state index >= 15 is 0 Å². The number of nitriles is 1. The van der Waals surface area contributed by atoms with Gasteiger partial charge in [0.25, 0.3) is 0 Å². The van der Waals surface area contributed by atoms with Crippen LogP contribution in [0.15, 0.2) is 52.2 Å². The quantitative estimate of drug-likeness (QED) is 0.434. The predicted molar refractivity (Wildman–Crippen MR) is 123 cm³/mol. The third-order valence-electron chi connectivity index (χ3n) is 5.20. The second kappa shape index (κ2) is 10.6. The molecule has 3 heterocycles. The summed E-state index contributed by atoms with van der Waals surface area (Å²) in [6.07, 6.45) is 4.04. The van der Waals surface area contributed by atoms with Gasteiger partial charge < -0.3 is 14.2 Å². The zero-order valence-electron chi connectivity index (χ0n) is 17.5. The van der Waals surface area contributed by atoms with Crippen LogP contribution in [0.3, 0.4) is 0 Å². The van der Waals surface area contributed by atoms with Gasteiger partial charge in [0.05, 0.1) is 41.8 Å². The average Bonchev–Trinajstić information content (AvgIpc) is 3.57. The van der Waals surface area contributed by atoms with Crippen LogP contribution in [0.2, 0.25) is 5.02 Å². The summed E-state index contributed by atoms with van der Waals surface area (Å²) in [4.78, 5) is 16.8. The van der Waals surface area contributed by atoms with Gasteiger partial charge in [-0.2, -0.15) is 5.26 Å². The Bertz CT molecular complexity index is 1090. The zero-order valence-corrected chi connectivity index (χ0v) is 19.1. The molecule has 32 heavy (non-hydrogen) atoms. The maximum atomic E-state index is 13.0. The fourth-order valence-electron chi connectivity index (χ4n) is 3.61. The lowest BCUT2D eigenvalue weighted by atomic mass is 10.3. The number of furan rings is 1. The first-order chi connectivity index (χ1) is 15.7. The molecule has 2 aromatic heterocycles. The first-order valence-electron chi connectivity index (χ1n) is 10.4. The van der Waals surface area contributed by atoms with Crippen molar-refractivity contribution < 1.29 is 9.21 Å². The third-order valence-corrected chi connectivity index (χ3v) is 6.43. The molecular weight excluding hydrogens is 448 g/mol. The molecule has 1 saturated heterocycles. The molecule has 0 radical (unpaired) electrons. The van der Waals surface area contributed by atoms with E-state index in [2.05, 4.69) is 21.2 Å². The summed E-state index contributed by atoms with van der Waals surface area (Å²) in [7, 11) is 0. The van der Waals surface area contributed by atoms with Crippen molar-refractivity contribution in [1.82, 2.24) is 19.7 Å². The molecule has 0 aliphatic carbocycles. The number of aromatic nitrogens is 3. The van der Waals surface area contributed by atoms with Crippen molar-refractivity contribution in [3.63, 3.8) is 0 Å². The van der Waals surface area contributed by atoms with E-state index in [0.717, 1.165) is 37.6 Å². The molecule has 1 aliphatic rings. The maximum Gasteiger partial charge on any atom is 0.233 e. The molecule has 0 N–H and O–H groups in total.